The average molecular weight is 345 g/mol. The molecular formula is C19H27N3O3. The van der Waals surface area contributed by atoms with Gasteiger partial charge in [-0.05, 0) is 44.7 Å². The number of nitrogens with zero attached hydrogens (tertiary/aromatic N) is 3. The van der Waals surface area contributed by atoms with Crippen LogP contribution in [0.3, 0.4) is 0 Å². The SMILES string of the molecule is Cc1cccnc1CC(=O)N1CCCN(C(=O)C2(C)CCCO2)CC1. The Balaban J connectivity index is 1.59. The predicted molar refractivity (Wildman–Crippen MR) is 94.0 cm³/mol. The smallest absolute Gasteiger partial charge is 0.254 e. The van der Waals surface area contributed by atoms with Crippen LogP contribution in [0, 0.1) is 6.92 Å². The monoisotopic (exact) mass is 345 g/mol. The number of rotatable bonds is 3. The van der Waals surface area contributed by atoms with Crippen molar-refractivity contribution in [1.82, 2.24) is 14.8 Å². The summed E-state index contributed by atoms with van der Waals surface area (Å²) in [6.45, 7) is 7.04. The van der Waals surface area contributed by atoms with Gasteiger partial charge in [-0.2, -0.15) is 0 Å². The molecule has 1 aromatic heterocycles. The second kappa shape index (κ2) is 7.52. The third-order valence-corrected chi connectivity index (χ3v) is 5.24. The first-order chi connectivity index (χ1) is 12.0. The van der Waals surface area contributed by atoms with Crippen LogP contribution in [0.4, 0.5) is 0 Å². The minimum absolute atomic E-state index is 0.0693. The van der Waals surface area contributed by atoms with Crippen molar-refractivity contribution < 1.29 is 14.3 Å². The minimum Gasteiger partial charge on any atom is -0.365 e. The fourth-order valence-electron chi connectivity index (χ4n) is 3.61. The molecule has 0 N–H and O–H groups in total. The molecule has 3 rings (SSSR count). The van der Waals surface area contributed by atoms with E-state index in [0.717, 1.165) is 30.5 Å². The van der Waals surface area contributed by atoms with Gasteiger partial charge in [0, 0.05) is 39.0 Å². The molecule has 0 aromatic carbocycles. The van der Waals surface area contributed by atoms with Crippen molar-refractivity contribution in [1.29, 1.82) is 0 Å². The predicted octanol–water partition coefficient (Wildman–Crippen LogP) is 1.56. The lowest BCUT2D eigenvalue weighted by atomic mass is 10.0. The number of carbonyl (C=O) groups excluding carboxylic acids is 2. The molecule has 0 spiro atoms. The van der Waals surface area contributed by atoms with Crippen LogP contribution < -0.4 is 0 Å². The molecule has 1 aromatic rings. The molecule has 2 amide bonds. The Morgan fingerprint density at radius 3 is 2.68 bits per heavy atom. The van der Waals surface area contributed by atoms with Crippen molar-refractivity contribution in [3.05, 3.63) is 29.6 Å². The number of ether oxygens (including phenoxy) is 1. The largest absolute Gasteiger partial charge is 0.365 e. The summed E-state index contributed by atoms with van der Waals surface area (Å²) >= 11 is 0. The number of aryl methyl sites for hydroxylation is 1. The first-order valence-electron chi connectivity index (χ1n) is 9.11. The van der Waals surface area contributed by atoms with Crippen LogP contribution in [0.1, 0.15) is 37.4 Å². The van der Waals surface area contributed by atoms with E-state index in [1.807, 2.05) is 35.8 Å². The van der Waals surface area contributed by atoms with Crippen LogP contribution >= 0.6 is 0 Å². The summed E-state index contributed by atoms with van der Waals surface area (Å²) in [6.07, 6.45) is 4.56. The second-order valence-electron chi connectivity index (χ2n) is 7.15. The van der Waals surface area contributed by atoms with E-state index < -0.39 is 5.60 Å². The van der Waals surface area contributed by atoms with Gasteiger partial charge in [0.2, 0.25) is 5.91 Å². The molecule has 136 valence electrons. The maximum Gasteiger partial charge on any atom is 0.254 e. The lowest BCUT2D eigenvalue weighted by molar-refractivity contribution is -0.151. The Kier molecular flexibility index (Phi) is 5.37. The standard InChI is InChI=1S/C19H27N3O3/c1-15-6-3-8-20-16(15)14-17(23)21-9-5-10-22(12-11-21)18(24)19(2)7-4-13-25-19/h3,6,8H,4-5,7,9-14H2,1-2H3. The number of hydrogen-bond donors (Lipinski definition) is 0. The van der Waals surface area contributed by atoms with Gasteiger partial charge in [-0.1, -0.05) is 6.07 Å². The Bertz CT molecular complexity index is 641. The Morgan fingerprint density at radius 1 is 1.20 bits per heavy atom. The van der Waals surface area contributed by atoms with E-state index in [1.54, 1.807) is 6.20 Å². The van der Waals surface area contributed by atoms with E-state index in [1.165, 1.54) is 0 Å². The highest BCUT2D eigenvalue weighted by Gasteiger charge is 2.41. The molecule has 6 nitrogen and oxygen atoms in total. The maximum absolute atomic E-state index is 12.8. The molecule has 1 atom stereocenters. The van der Waals surface area contributed by atoms with Gasteiger partial charge in [0.1, 0.15) is 5.60 Å². The Labute approximate surface area is 149 Å². The third kappa shape index (κ3) is 4.00. The molecular weight excluding hydrogens is 318 g/mol. The van der Waals surface area contributed by atoms with Crippen molar-refractivity contribution in [2.75, 3.05) is 32.8 Å². The molecule has 6 heteroatoms. The number of aromatic nitrogens is 1. The number of pyridine rings is 1. The van der Waals surface area contributed by atoms with E-state index in [0.29, 0.717) is 39.2 Å². The van der Waals surface area contributed by atoms with Gasteiger partial charge in [0.15, 0.2) is 0 Å². The van der Waals surface area contributed by atoms with Gasteiger partial charge in [0.25, 0.3) is 5.91 Å². The fraction of sp³-hybridized carbons (Fsp3) is 0.632. The molecule has 2 saturated heterocycles. The van der Waals surface area contributed by atoms with Gasteiger partial charge in [-0.25, -0.2) is 0 Å². The molecule has 2 aliphatic rings. The average Bonchev–Trinajstić information content (AvgIpc) is 2.91. The van der Waals surface area contributed by atoms with Crippen LogP contribution in [0.5, 0.6) is 0 Å². The first-order valence-corrected chi connectivity index (χ1v) is 9.11. The fourth-order valence-corrected chi connectivity index (χ4v) is 3.61. The molecule has 2 aliphatic heterocycles. The molecule has 0 bridgehead atoms. The van der Waals surface area contributed by atoms with E-state index in [-0.39, 0.29) is 11.8 Å². The molecule has 1 unspecified atom stereocenters. The van der Waals surface area contributed by atoms with Crippen molar-refractivity contribution in [2.45, 2.75) is 45.1 Å². The summed E-state index contributed by atoms with van der Waals surface area (Å²) in [5, 5.41) is 0. The van der Waals surface area contributed by atoms with Crippen LogP contribution in [-0.2, 0) is 20.7 Å². The van der Waals surface area contributed by atoms with E-state index in [4.69, 9.17) is 4.74 Å². The summed E-state index contributed by atoms with van der Waals surface area (Å²) < 4.78 is 5.68. The van der Waals surface area contributed by atoms with Crippen molar-refractivity contribution in [3.63, 3.8) is 0 Å². The summed E-state index contributed by atoms with van der Waals surface area (Å²) in [7, 11) is 0. The number of hydrogen-bond acceptors (Lipinski definition) is 4. The van der Waals surface area contributed by atoms with Crippen molar-refractivity contribution >= 4 is 11.8 Å². The lowest BCUT2D eigenvalue weighted by Crippen LogP contribution is -2.48. The van der Waals surface area contributed by atoms with Crippen molar-refractivity contribution in [2.24, 2.45) is 0 Å². The molecule has 3 heterocycles. The quantitative estimate of drug-likeness (QED) is 0.834. The van der Waals surface area contributed by atoms with E-state index in [9.17, 15) is 9.59 Å². The summed E-state index contributed by atoms with van der Waals surface area (Å²) in [5.74, 6) is 0.152. The highest BCUT2D eigenvalue weighted by Crippen LogP contribution is 2.27. The van der Waals surface area contributed by atoms with Gasteiger partial charge in [0.05, 0.1) is 12.1 Å². The number of carbonyl (C=O) groups is 2. The van der Waals surface area contributed by atoms with Gasteiger partial charge in [-0.3, -0.25) is 14.6 Å². The first kappa shape index (κ1) is 17.9. The highest BCUT2D eigenvalue weighted by molar-refractivity contribution is 5.85. The van der Waals surface area contributed by atoms with Crippen molar-refractivity contribution in [3.8, 4) is 0 Å². The lowest BCUT2D eigenvalue weighted by Gasteiger charge is -2.30. The second-order valence-corrected chi connectivity index (χ2v) is 7.15. The maximum atomic E-state index is 12.8. The van der Waals surface area contributed by atoms with E-state index >= 15 is 0 Å². The molecule has 0 radical (unpaired) electrons. The molecule has 25 heavy (non-hydrogen) atoms. The zero-order chi connectivity index (χ0) is 17.9. The van der Waals surface area contributed by atoms with E-state index in [2.05, 4.69) is 4.98 Å². The van der Waals surface area contributed by atoms with Gasteiger partial charge in [-0.15, -0.1) is 0 Å². The molecule has 0 saturated carbocycles. The highest BCUT2D eigenvalue weighted by atomic mass is 16.5. The molecule has 0 aliphatic carbocycles. The van der Waals surface area contributed by atoms with Crippen LogP contribution in [0.2, 0.25) is 0 Å². The zero-order valence-electron chi connectivity index (χ0n) is 15.2. The Morgan fingerprint density at radius 2 is 1.96 bits per heavy atom. The van der Waals surface area contributed by atoms with Crippen LogP contribution in [0.25, 0.3) is 0 Å². The zero-order valence-corrected chi connectivity index (χ0v) is 15.2. The Hall–Kier alpha value is -1.95. The van der Waals surface area contributed by atoms with Gasteiger partial charge < -0.3 is 14.5 Å². The summed E-state index contributed by atoms with van der Waals surface area (Å²) in [6, 6.07) is 3.85. The minimum atomic E-state index is -0.676. The topological polar surface area (TPSA) is 62.7 Å². The van der Waals surface area contributed by atoms with Crippen LogP contribution in [-0.4, -0.2) is 65.0 Å². The summed E-state index contributed by atoms with van der Waals surface area (Å²) in [4.78, 5) is 33.4. The molecule has 2 fully saturated rings. The number of amides is 2. The van der Waals surface area contributed by atoms with Gasteiger partial charge >= 0.3 is 0 Å². The summed E-state index contributed by atoms with van der Waals surface area (Å²) in [5.41, 5.74) is 1.19. The normalized spacial score (nSPS) is 24.2. The van der Waals surface area contributed by atoms with Crippen LogP contribution in [0.15, 0.2) is 18.3 Å². The third-order valence-electron chi connectivity index (χ3n) is 5.24.